The topological polar surface area (TPSA) is 49.3 Å². The van der Waals surface area contributed by atoms with E-state index in [-0.39, 0.29) is 0 Å². The van der Waals surface area contributed by atoms with Gasteiger partial charge in [-0.3, -0.25) is 4.79 Å². The Morgan fingerprint density at radius 3 is 2.45 bits per heavy atom. The van der Waals surface area contributed by atoms with Gasteiger partial charge in [-0.15, -0.1) is 0 Å². The third kappa shape index (κ3) is 4.76. The molecule has 5 heteroatoms. The minimum absolute atomic E-state index is 0.296. The number of benzene rings is 1. The van der Waals surface area contributed by atoms with E-state index < -0.39 is 0 Å². The first-order chi connectivity index (χ1) is 14.9. The van der Waals surface area contributed by atoms with E-state index in [1.165, 1.54) is 22.3 Å². The highest BCUT2D eigenvalue weighted by molar-refractivity contribution is 5.81. The van der Waals surface area contributed by atoms with Crippen molar-refractivity contribution < 1.29 is 4.79 Å². The lowest BCUT2D eigenvalue weighted by Gasteiger charge is -2.37. The fourth-order valence-electron chi connectivity index (χ4n) is 4.38. The lowest BCUT2D eigenvalue weighted by Crippen LogP contribution is -2.49. The zero-order valence-corrected chi connectivity index (χ0v) is 19.7. The van der Waals surface area contributed by atoms with Gasteiger partial charge in [-0.1, -0.05) is 37.6 Å². The molecule has 166 valence electrons. The summed E-state index contributed by atoms with van der Waals surface area (Å²) >= 11 is 0. The first kappa shape index (κ1) is 21.8. The molecule has 0 bridgehead atoms. The standard InChI is InChI=1S/C26H36N4O/c1-6-18(3)24-27-20(5)23(16-22-15-17(2)7-8-19(22)4)25(28-24)29-11-13-30(14-12-29)26(31)21-9-10-21/h7-8,15,18,21H,6,9-14,16H2,1-5H3. The molecule has 31 heavy (non-hydrogen) atoms. The van der Waals surface area contributed by atoms with Crippen molar-refractivity contribution in [1.29, 1.82) is 0 Å². The van der Waals surface area contributed by atoms with E-state index in [0.29, 0.717) is 17.7 Å². The van der Waals surface area contributed by atoms with Gasteiger partial charge in [0.2, 0.25) is 5.91 Å². The maximum Gasteiger partial charge on any atom is 0.225 e. The summed E-state index contributed by atoms with van der Waals surface area (Å²) in [5.41, 5.74) is 6.23. The lowest BCUT2D eigenvalue weighted by molar-refractivity contribution is -0.132. The highest BCUT2D eigenvalue weighted by Gasteiger charge is 2.35. The highest BCUT2D eigenvalue weighted by Crippen LogP contribution is 2.32. The second-order valence-corrected chi connectivity index (χ2v) is 9.47. The number of hydrogen-bond donors (Lipinski definition) is 0. The quantitative estimate of drug-likeness (QED) is 0.687. The van der Waals surface area contributed by atoms with Crippen LogP contribution in [0.2, 0.25) is 0 Å². The lowest BCUT2D eigenvalue weighted by atomic mass is 9.97. The molecule has 1 aliphatic heterocycles. The Hall–Kier alpha value is -2.43. The van der Waals surface area contributed by atoms with Gasteiger partial charge in [-0.25, -0.2) is 9.97 Å². The number of aryl methyl sites for hydroxylation is 3. The van der Waals surface area contributed by atoms with Gasteiger partial charge in [-0.2, -0.15) is 0 Å². The first-order valence-corrected chi connectivity index (χ1v) is 11.8. The molecule has 1 amide bonds. The zero-order valence-electron chi connectivity index (χ0n) is 19.7. The number of anilines is 1. The van der Waals surface area contributed by atoms with Crippen LogP contribution in [0, 0.1) is 26.7 Å². The molecule has 1 unspecified atom stereocenters. The number of hydrogen-bond acceptors (Lipinski definition) is 4. The molecule has 1 aromatic carbocycles. The molecule has 0 N–H and O–H groups in total. The van der Waals surface area contributed by atoms with Crippen LogP contribution in [0.4, 0.5) is 5.82 Å². The average Bonchev–Trinajstić information content (AvgIpc) is 3.62. The normalized spacial score (nSPS) is 17.7. The van der Waals surface area contributed by atoms with Gasteiger partial charge in [-0.05, 0) is 51.2 Å². The molecule has 2 fully saturated rings. The van der Waals surface area contributed by atoms with Gasteiger partial charge in [0.05, 0.1) is 0 Å². The monoisotopic (exact) mass is 420 g/mol. The molecule has 1 saturated heterocycles. The zero-order chi connectivity index (χ0) is 22.1. The summed E-state index contributed by atoms with van der Waals surface area (Å²) in [6, 6.07) is 6.66. The van der Waals surface area contributed by atoms with Gasteiger partial charge in [0, 0.05) is 55.7 Å². The van der Waals surface area contributed by atoms with E-state index in [0.717, 1.165) is 69.2 Å². The van der Waals surface area contributed by atoms with E-state index in [2.05, 4.69) is 62.6 Å². The molecule has 2 heterocycles. The summed E-state index contributed by atoms with van der Waals surface area (Å²) in [7, 11) is 0. The van der Waals surface area contributed by atoms with E-state index in [1.54, 1.807) is 0 Å². The van der Waals surface area contributed by atoms with Crippen LogP contribution in [-0.4, -0.2) is 47.0 Å². The maximum atomic E-state index is 12.5. The fourth-order valence-corrected chi connectivity index (χ4v) is 4.38. The summed E-state index contributed by atoms with van der Waals surface area (Å²) in [6.45, 7) is 14.1. The molecular weight excluding hydrogens is 384 g/mol. The Balaban J connectivity index is 1.64. The van der Waals surface area contributed by atoms with E-state index in [9.17, 15) is 4.79 Å². The molecular formula is C26H36N4O. The fraction of sp³-hybridized carbons (Fsp3) is 0.577. The molecule has 0 radical (unpaired) electrons. The van der Waals surface area contributed by atoms with Crippen LogP contribution >= 0.6 is 0 Å². The molecule has 4 rings (SSSR count). The van der Waals surface area contributed by atoms with Gasteiger partial charge >= 0.3 is 0 Å². The van der Waals surface area contributed by atoms with Gasteiger partial charge < -0.3 is 9.80 Å². The minimum atomic E-state index is 0.296. The predicted octanol–water partition coefficient (Wildman–Crippen LogP) is 4.56. The van der Waals surface area contributed by atoms with Crippen LogP contribution < -0.4 is 4.90 Å². The predicted molar refractivity (Wildman–Crippen MR) is 126 cm³/mol. The summed E-state index contributed by atoms with van der Waals surface area (Å²) in [5, 5.41) is 0. The largest absolute Gasteiger partial charge is 0.353 e. The SMILES string of the molecule is CCC(C)c1nc(C)c(Cc2cc(C)ccc2C)c(N2CCN(C(=O)C3CC3)CC2)n1. The molecule has 1 saturated carbocycles. The van der Waals surface area contributed by atoms with Crippen molar-refractivity contribution in [1.82, 2.24) is 14.9 Å². The number of carbonyl (C=O) groups excluding carboxylic acids is 1. The molecule has 1 aromatic heterocycles. The van der Waals surface area contributed by atoms with Crippen LogP contribution in [-0.2, 0) is 11.2 Å². The van der Waals surface area contributed by atoms with Crippen molar-refractivity contribution in [2.24, 2.45) is 5.92 Å². The summed E-state index contributed by atoms with van der Waals surface area (Å²) in [6.07, 6.45) is 4.01. The Morgan fingerprint density at radius 2 is 1.81 bits per heavy atom. The van der Waals surface area contributed by atoms with Crippen LogP contribution in [0.5, 0.6) is 0 Å². The summed E-state index contributed by atoms with van der Waals surface area (Å²) < 4.78 is 0. The van der Waals surface area contributed by atoms with E-state index in [4.69, 9.17) is 9.97 Å². The smallest absolute Gasteiger partial charge is 0.225 e. The van der Waals surface area contributed by atoms with Crippen LogP contribution in [0.15, 0.2) is 18.2 Å². The Labute approximate surface area is 186 Å². The minimum Gasteiger partial charge on any atom is -0.353 e. The van der Waals surface area contributed by atoms with E-state index >= 15 is 0 Å². The highest BCUT2D eigenvalue weighted by atomic mass is 16.2. The Morgan fingerprint density at radius 1 is 1.10 bits per heavy atom. The Bertz CT molecular complexity index is 958. The van der Waals surface area contributed by atoms with Crippen LogP contribution in [0.1, 0.15) is 72.8 Å². The summed E-state index contributed by atoms with van der Waals surface area (Å²) in [4.78, 5) is 27.0. The number of aromatic nitrogens is 2. The van der Waals surface area contributed by atoms with Gasteiger partial charge in [0.15, 0.2) is 0 Å². The third-order valence-corrected chi connectivity index (χ3v) is 6.95. The van der Waals surface area contributed by atoms with Crippen LogP contribution in [0.3, 0.4) is 0 Å². The number of piperazine rings is 1. The second-order valence-electron chi connectivity index (χ2n) is 9.47. The summed E-state index contributed by atoms with van der Waals surface area (Å²) in [5.74, 6) is 3.00. The first-order valence-electron chi connectivity index (χ1n) is 11.8. The average molecular weight is 421 g/mol. The van der Waals surface area contributed by atoms with Crippen molar-refractivity contribution >= 4 is 11.7 Å². The number of amides is 1. The van der Waals surface area contributed by atoms with Crippen molar-refractivity contribution in [2.45, 2.75) is 66.2 Å². The van der Waals surface area contributed by atoms with Crippen LogP contribution in [0.25, 0.3) is 0 Å². The van der Waals surface area contributed by atoms with E-state index in [1.807, 2.05) is 0 Å². The second kappa shape index (κ2) is 8.97. The molecule has 5 nitrogen and oxygen atoms in total. The molecule has 0 spiro atoms. The van der Waals surface area contributed by atoms with Crippen molar-refractivity contribution in [3.8, 4) is 0 Å². The van der Waals surface area contributed by atoms with Crippen molar-refractivity contribution in [2.75, 3.05) is 31.1 Å². The third-order valence-electron chi connectivity index (χ3n) is 6.95. The van der Waals surface area contributed by atoms with Gasteiger partial charge in [0.25, 0.3) is 0 Å². The Kier molecular flexibility index (Phi) is 6.31. The van der Waals surface area contributed by atoms with Crippen molar-refractivity contribution in [3.05, 3.63) is 52.0 Å². The number of carbonyl (C=O) groups is 1. The number of nitrogens with zero attached hydrogens (tertiary/aromatic N) is 4. The van der Waals surface area contributed by atoms with Gasteiger partial charge in [0.1, 0.15) is 11.6 Å². The maximum absolute atomic E-state index is 12.5. The number of rotatable bonds is 6. The molecule has 1 aliphatic carbocycles. The molecule has 2 aliphatic rings. The molecule has 2 aromatic rings. The van der Waals surface area contributed by atoms with Crippen molar-refractivity contribution in [3.63, 3.8) is 0 Å². The molecule has 1 atom stereocenters.